The molecule has 0 aliphatic carbocycles. The first-order valence-electron chi connectivity index (χ1n) is 7.10. The first-order valence-corrected chi connectivity index (χ1v) is 7.89. The van der Waals surface area contributed by atoms with Crippen LogP contribution in [-0.4, -0.2) is 11.2 Å². The molecule has 4 aromatic rings. The largest absolute Gasteiger partial charge is 0.355 e. The molecule has 0 saturated carbocycles. The van der Waals surface area contributed by atoms with Crippen molar-refractivity contribution in [1.29, 1.82) is 0 Å². The van der Waals surface area contributed by atoms with Crippen molar-refractivity contribution in [3.8, 4) is 0 Å². The summed E-state index contributed by atoms with van der Waals surface area (Å²) >= 11 is 3.44. The lowest BCUT2D eigenvalue weighted by Gasteiger charge is -1.96. The second kappa shape index (κ2) is 5.43. The van der Waals surface area contributed by atoms with Gasteiger partial charge in [0.15, 0.2) is 0 Å². The van der Waals surface area contributed by atoms with Crippen LogP contribution in [0, 0.1) is 0 Å². The lowest BCUT2D eigenvalue weighted by Crippen LogP contribution is -1.79. The van der Waals surface area contributed by atoms with E-state index in [1.54, 1.807) is 0 Å². The molecule has 0 saturated heterocycles. The minimum atomic E-state index is 0.958. The zero-order valence-electron chi connectivity index (χ0n) is 11.8. The Kier molecular flexibility index (Phi) is 3.28. The second-order valence-electron chi connectivity index (χ2n) is 5.21. The predicted molar refractivity (Wildman–Crippen MR) is 97.2 cm³/mol. The maximum atomic E-state index is 4.59. The molecule has 106 valence electrons. The van der Waals surface area contributed by atoms with Gasteiger partial charge < -0.3 is 4.98 Å². The molecule has 1 heterocycles. The summed E-state index contributed by atoms with van der Waals surface area (Å²) < 4.78 is 1.07. The monoisotopic (exact) mass is 348 g/mol. The van der Waals surface area contributed by atoms with E-state index >= 15 is 0 Å². The molecule has 0 atom stereocenters. The number of aromatic nitrogens is 1. The highest BCUT2D eigenvalue weighted by Crippen LogP contribution is 2.28. The number of nitrogens with zero attached hydrogens (tertiary/aromatic N) is 1. The Morgan fingerprint density at radius 3 is 2.45 bits per heavy atom. The number of hydrogen-bond acceptors (Lipinski definition) is 1. The Morgan fingerprint density at radius 1 is 0.818 bits per heavy atom. The van der Waals surface area contributed by atoms with Crippen molar-refractivity contribution < 1.29 is 0 Å². The number of halogens is 1. The first kappa shape index (κ1) is 13.3. The van der Waals surface area contributed by atoms with E-state index in [-0.39, 0.29) is 0 Å². The summed E-state index contributed by atoms with van der Waals surface area (Å²) in [7, 11) is 0. The van der Waals surface area contributed by atoms with Gasteiger partial charge in [0, 0.05) is 32.5 Å². The van der Waals surface area contributed by atoms with Gasteiger partial charge in [0.25, 0.3) is 0 Å². The van der Waals surface area contributed by atoms with E-state index in [2.05, 4.69) is 56.2 Å². The molecule has 0 aliphatic rings. The zero-order chi connectivity index (χ0) is 14.9. The first-order chi connectivity index (χ1) is 10.8. The molecular formula is C19H13BrN2. The van der Waals surface area contributed by atoms with Crippen LogP contribution >= 0.6 is 15.9 Å². The fourth-order valence-corrected chi connectivity index (χ4v) is 2.88. The minimum Gasteiger partial charge on any atom is -0.355 e. The predicted octanol–water partition coefficient (Wildman–Crippen LogP) is 5.83. The van der Waals surface area contributed by atoms with Gasteiger partial charge in [0.2, 0.25) is 0 Å². The van der Waals surface area contributed by atoms with Gasteiger partial charge >= 0.3 is 0 Å². The van der Waals surface area contributed by atoms with Gasteiger partial charge in [-0.1, -0.05) is 46.3 Å². The van der Waals surface area contributed by atoms with E-state index in [9.17, 15) is 0 Å². The molecule has 0 aliphatic heterocycles. The molecule has 1 N–H and O–H groups in total. The topological polar surface area (TPSA) is 28.1 Å². The Bertz CT molecular complexity index is 981. The summed E-state index contributed by atoms with van der Waals surface area (Å²) in [6.07, 6.45) is 1.89. The van der Waals surface area contributed by atoms with Crippen molar-refractivity contribution in [2.75, 3.05) is 0 Å². The summed E-state index contributed by atoms with van der Waals surface area (Å²) in [5, 5.41) is 2.44. The van der Waals surface area contributed by atoms with E-state index in [4.69, 9.17) is 0 Å². The molecule has 0 fully saturated rings. The third-order valence-electron chi connectivity index (χ3n) is 3.72. The van der Waals surface area contributed by atoms with Gasteiger partial charge in [-0.15, -0.1) is 0 Å². The smallest absolute Gasteiger partial charge is 0.0637 e. The van der Waals surface area contributed by atoms with Crippen LogP contribution < -0.4 is 0 Å². The zero-order valence-corrected chi connectivity index (χ0v) is 13.3. The quantitative estimate of drug-likeness (QED) is 0.441. The van der Waals surface area contributed by atoms with Crippen LogP contribution in [0.1, 0.15) is 5.56 Å². The van der Waals surface area contributed by atoms with Crippen LogP contribution in [0.2, 0.25) is 0 Å². The highest BCUT2D eigenvalue weighted by atomic mass is 79.9. The average molecular weight is 349 g/mol. The Morgan fingerprint density at radius 2 is 1.59 bits per heavy atom. The summed E-state index contributed by atoms with van der Waals surface area (Å²) in [6.45, 7) is 0. The SMILES string of the molecule is Brc1ccc(C=Nc2ccc3[nH]c4ccccc4c3c2)cc1. The normalized spacial score (nSPS) is 11.7. The van der Waals surface area contributed by atoms with Crippen LogP contribution in [0.15, 0.2) is 76.2 Å². The van der Waals surface area contributed by atoms with Crippen molar-refractivity contribution in [2.45, 2.75) is 0 Å². The van der Waals surface area contributed by atoms with Gasteiger partial charge in [-0.05, 0) is 42.0 Å². The standard InChI is InChI=1S/C19H13BrN2/c20-14-7-5-13(6-8-14)12-21-15-9-10-19-17(11-15)16-3-1-2-4-18(16)22-19/h1-12,22H. The molecular weight excluding hydrogens is 336 g/mol. The highest BCUT2D eigenvalue weighted by Gasteiger charge is 2.03. The van der Waals surface area contributed by atoms with Gasteiger partial charge in [-0.25, -0.2) is 0 Å². The third-order valence-corrected chi connectivity index (χ3v) is 4.25. The molecule has 3 heteroatoms. The highest BCUT2D eigenvalue weighted by molar-refractivity contribution is 9.10. The Balaban J connectivity index is 1.75. The average Bonchev–Trinajstić information content (AvgIpc) is 2.92. The molecule has 0 unspecified atom stereocenters. The summed E-state index contributed by atoms with van der Waals surface area (Å²) in [6, 6.07) is 22.7. The fourth-order valence-electron chi connectivity index (χ4n) is 2.61. The van der Waals surface area contributed by atoms with E-state index < -0.39 is 0 Å². The third kappa shape index (κ3) is 2.44. The number of fused-ring (bicyclic) bond motifs is 3. The van der Waals surface area contributed by atoms with Crippen molar-refractivity contribution in [3.63, 3.8) is 0 Å². The molecule has 2 nitrogen and oxygen atoms in total. The molecule has 0 spiro atoms. The molecule has 0 radical (unpaired) electrons. The molecule has 3 aromatic carbocycles. The number of para-hydroxylation sites is 1. The van der Waals surface area contributed by atoms with Crippen LogP contribution in [0.3, 0.4) is 0 Å². The van der Waals surface area contributed by atoms with Crippen molar-refractivity contribution in [1.82, 2.24) is 4.98 Å². The lowest BCUT2D eigenvalue weighted by atomic mass is 10.1. The van der Waals surface area contributed by atoms with Crippen LogP contribution in [0.5, 0.6) is 0 Å². The van der Waals surface area contributed by atoms with Crippen LogP contribution in [0.25, 0.3) is 21.8 Å². The van der Waals surface area contributed by atoms with Gasteiger partial charge in [-0.2, -0.15) is 0 Å². The second-order valence-corrected chi connectivity index (χ2v) is 6.13. The Labute approximate surface area is 136 Å². The van der Waals surface area contributed by atoms with Crippen LogP contribution in [0.4, 0.5) is 5.69 Å². The van der Waals surface area contributed by atoms with Gasteiger partial charge in [-0.3, -0.25) is 4.99 Å². The van der Waals surface area contributed by atoms with E-state index in [1.165, 1.54) is 10.8 Å². The lowest BCUT2D eigenvalue weighted by molar-refractivity contribution is 1.52. The van der Waals surface area contributed by atoms with Crippen LogP contribution in [-0.2, 0) is 0 Å². The van der Waals surface area contributed by atoms with E-state index in [1.807, 2.05) is 42.6 Å². The number of benzene rings is 3. The van der Waals surface area contributed by atoms with Gasteiger partial charge in [0.1, 0.15) is 0 Å². The summed E-state index contributed by atoms with van der Waals surface area (Å²) in [4.78, 5) is 8.02. The minimum absolute atomic E-state index is 0.958. The number of H-pyrrole nitrogens is 1. The number of aromatic amines is 1. The fraction of sp³-hybridized carbons (Fsp3) is 0. The number of nitrogens with one attached hydrogen (secondary N) is 1. The molecule has 22 heavy (non-hydrogen) atoms. The molecule has 4 rings (SSSR count). The van der Waals surface area contributed by atoms with E-state index in [0.29, 0.717) is 0 Å². The van der Waals surface area contributed by atoms with Crippen molar-refractivity contribution >= 4 is 49.6 Å². The molecule has 0 amide bonds. The van der Waals surface area contributed by atoms with Crippen molar-refractivity contribution in [3.05, 3.63) is 76.8 Å². The molecule has 0 bridgehead atoms. The maximum Gasteiger partial charge on any atom is 0.0637 e. The molecule has 1 aromatic heterocycles. The summed E-state index contributed by atoms with van der Waals surface area (Å²) in [5.74, 6) is 0. The van der Waals surface area contributed by atoms with Crippen molar-refractivity contribution in [2.24, 2.45) is 4.99 Å². The van der Waals surface area contributed by atoms with E-state index in [0.717, 1.165) is 26.8 Å². The van der Waals surface area contributed by atoms with Gasteiger partial charge in [0.05, 0.1) is 5.69 Å². The summed E-state index contributed by atoms with van der Waals surface area (Å²) in [5.41, 5.74) is 4.35. The maximum absolute atomic E-state index is 4.59. The Hall–Kier alpha value is -2.39. The number of rotatable bonds is 2. The number of aliphatic imine (C=N–C) groups is 1. The number of hydrogen-bond donors (Lipinski definition) is 1.